The fourth-order valence-electron chi connectivity index (χ4n) is 2.33. The minimum Gasteiger partial charge on any atom is -0.495 e. The molecule has 2 rings (SSSR count). The third-order valence-corrected chi connectivity index (χ3v) is 5.65. The molecule has 2 N–H and O–H groups in total. The van der Waals surface area contributed by atoms with Gasteiger partial charge >= 0.3 is 0 Å². The average Bonchev–Trinajstić information content (AvgIpc) is 2.61. The Morgan fingerprint density at radius 1 is 1.12 bits per heavy atom. The van der Waals surface area contributed by atoms with E-state index in [2.05, 4.69) is 10.0 Å². The largest absolute Gasteiger partial charge is 0.495 e. The maximum Gasteiger partial charge on any atom is 0.241 e. The van der Waals surface area contributed by atoms with E-state index < -0.39 is 22.0 Å². The Bertz CT molecular complexity index is 872. The van der Waals surface area contributed by atoms with Gasteiger partial charge in [0.15, 0.2) is 0 Å². The van der Waals surface area contributed by atoms with E-state index in [0.717, 1.165) is 5.56 Å². The maximum absolute atomic E-state index is 12.5. The maximum atomic E-state index is 12.5. The summed E-state index contributed by atoms with van der Waals surface area (Å²) in [5.74, 6) is -0.0577. The van der Waals surface area contributed by atoms with Crippen LogP contribution in [0.4, 0.5) is 0 Å². The van der Waals surface area contributed by atoms with E-state index in [0.29, 0.717) is 5.75 Å². The summed E-state index contributed by atoms with van der Waals surface area (Å²) in [5.41, 5.74) is 0.929. The molecule has 8 heteroatoms. The van der Waals surface area contributed by atoms with Gasteiger partial charge in [0, 0.05) is 0 Å². The van der Waals surface area contributed by atoms with Crippen LogP contribution < -0.4 is 14.8 Å². The molecule has 6 nitrogen and oxygen atoms in total. The lowest BCUT2D eigenvalue weighted by atomic mass is 10.1. The van der Waals surface area contributed by atoms with E-state index >= 15 is 0 Å². The monoisotopic (exact) mass is 396 g/mol. The molecule has 1 amide bonds. The fourth-order valence-corrected chi connectivity index (χ4v) is 3.88. The molecular formula is C18H21ClN2O4S. The first kappa shape index (κ1) is 20.2. The first-order chi connectivity index (χ1) is 12.2. The highest BCUT2D eigenvalue weighted by Crippen LogP contribution is 2.26. The van der Waals surface area contributed by atoms with Crippen molar-refractivity contribution in [1.82, 2.24) is 10.0 Å². The van der Waals surface area contributed by atoms with E-state index in [1.807, 2.05) is 37.3 Å². The number of amides is 1. The van der Waals surface area contributed by atoms with Crippen LogP contribution in [0.5, 0.6) is 5.75 Å². The number of halogens is 1. The molecule has 0 aliphatic carbocycles. The lowest BCUT2D eigenvalue weighted by Gasteiger charge is -2.19. The van der Waals surface area contributed by atoms with Crippen molar-refractivity contribution in [2.24, 2.45) is 0 Å². The third-order valence-electron chi connectivity index (χ3n) is 3.82. The predicted octanol–water partition coefficient (Wildman–Crippen LogP) is 2.89. The molecule has 0 aliphatic heterocycles. The van der Waals surface area contributed by atoms with Gasteiger partial charge in [-0.1, -0.05) is 41.9 Å². The van der Waals surface area contributed by atoms with Crippen molar-refractivity contribution >= 4 is 27.5 Å². The van der Waals surface area contributed by atoms with Crippen LogP contribution in [0.2, 0.25) is 5.02 Å². The van der Waals surface area contributed by atoms with Crippen LogP contribution in [-0.2, 0) is 14.8 Å². The molecule has 0 aromatic heterocycles. The number of nitrogens with one attached hydrogen (secondary N) is 2. The average molecular weight is 397 g/mol. The molecule has 0 aliphatic rings. The van der Waals surface area contributed by atoms with Gasteiger partial charge in [0.05, 0.1) is 29.1 Å². The van der Waals surface area contributed by atoms with Crippen LogP contribution in [-0.4, -0.2) is 27.5 Å². The Kier molecular flexibility index (Phi) is 6.63. The Hall–Kier alpha value is -2.09. The number of methoxy groups -OCH3 is 1. The second-order valence-electron chi connectivity index (χ2n) is 5.78. The van der Waals surface area contributed by atoms with Gasteiger partial charge in [-0.05, 0) is 37.6 Å². The lowest BCUT2D eigenvalue weighted by molar-refractivity contribution is -0.123. The molecule has 0 saturated heterocycles. The number of sulfonamides is 1. The highest BCUT2D eigenvalue weighted by atomic mass is 35.5. The zero-order valence-corrected chi connectivity index (χ0v) is 16.3. The molecule has 0 radical (unpaired) electrons. The molecular weight excluding hydrogens is 376 g/mol. The molecule has 2 aromatic rings. The Morgan fingerprint density at radius 2 is 1.77 bits per heavy atom. The number of carbonyl (C=O) groups excluding carboxylic acids is 1. The molecule has 140 valence electrons. The lowest BCUT2D eigenvalue weighted by Crippen LogP contribution is -2.45. The summed E-state index contributed by atoms with van der Waals surface area (Å²) >= 11 is 5.97. The first-order valence-electron chi connectivity index (χ1n) is 7.96. The normalized spacial score (nSPS) is 13.7. The van der Waals surface area contributed by atoms with Crippen LogP contribution >= 0.6 is 11.6 Å². The van der Waals surface area contributed by atoms with Gasteiger partial charge in [-0.15, -0.1) is 0 Å². The first-order valence-corrected chi connectivity index (χ1v) is 9.82. The number of carbonyl (C=O) groups is 1. The molecule has 0 fully saturated rings. The summed E-state index contributed by atoms with van der Waals surface area (Å²) in [6.07, 6.45) is 0. The zero-order valence-electron chi connectivity index (χ0n) is 14.7. The summed E-state index contributed by atoms with van der Waals surface area (Å²) in [6, 6.07) is 12.3. The van der Waals surface area contributed by atoms with Crippen LogP contribution in [0.15, 0.2) is 53.4 Å². The highest BCUT2D eigenvalue weighted by Gasteiger charge is 2.24. The van der Waals surface area contributed by atoms with Crippen molar-refractivity contribution in [3.63, 3.8) is 0 Å². The Balaban J connectivity index is 2.06. The van der Waals surface area contributed by atoms with Gasteiger partial charge in [-0.25, -0.2) is 8.42 Å². The number of ether oxygens (including phenoxy) is 1. The smallest absolute Gasteiger partial charge is 0.241 e. The summed E-state index contributed by atoms with van der Waals surface area (Å²) in [5, 5.41) is 2.96. The second kappa shape index (κ2) is 8.53. The number of benzene rings is 2. The van der Waals surface area contributed by atoms with Crippen molar-refractivity contribution in [3.8, 4) is 5.75 Å². The van der Waals surface area contributed by atoms with Crippen LogP contribution in [0.25, 0.3) is 0 Å². The van der Waals surface area contributed by atoms with Crippen molar-refractivity contribution in [3.05, 3.63) is 59.1 Å². The van der Waals surface area contributed by atoms with Gasteiger partial charge in [-0.2, -0.15) is 4.72 Å². The third kappa shape index (κ3) is 4.97. The van der Waals surface area contributed by atoms with Crippen molar-refractivity contribution in [2.75, 3.05) is 7.11 Å². The summed E-state index contributed by atoms with van der Waals surface area (Å²) in [6.45, 7) is 3.31. The number of rotatable bonds is 7. The topological polar surface area (TPSA) is 84.5 Å². The standard InChI is InChI=1S/C18H21ClN2O4S/c1-12(14-7-5-4-6-8-14)20-18(22)13(2)21-26(23,24)15-9-10-17(25-3)16(19)11-15/h4-13,21H,1-3H3,(H,20,22)/t12-,13+/m0/s1. The van der Waals surface area contributed by atoms with E-state index in [-0.39, 0.29) is 16.0 Å². The van der Waals surface area contributed by atoms with Gasteiger partial charge in [0.25, 0.3) is 0 Å². The molecule has 0 unspecified atom stereocenters. The minimum absolute atomic E-state index is 0.0425. The quantitative estimate of drug-likeness (QED) is 0.753. The molecule has 2 atom stereocenters. The molecule has 2 aromatic carbocycles. The molecule has 0 bridgehead atoms. The van der Waals surface area contributed by atoms with Crippen molar-refractivity contribution in [1.29, 1.82) is 0 Å². The highest BCUT2D eigenvalue weighted by molar-refractivity contribution is 7.89. The zero-order chi connectivity index (χ0) is 19.3. The second-order valence-corrected chi connectivity index (χ2v) is 7.90. The summed E-state index contributed by atoms with van der Waals surface area (Å²) in [4.78, 5) is 12.3. The fraction of sp³-hybridized carbons (Fsp3) is 0.278. The van der Waals surface area contributed by atoms with Gasteiger partial charge in [0.2, 0.25) is 15.9 Å². The van der Waals surface area contributed by atoms with Crippen LogP contribution in [0.3, 0.4) is 0 Å². The molecule has 26 heavy (non-hydrogen) atoms. The van der Waals surface area contributed by atoms with Gasteiger partial charge in [0.1, 0.15) is 5.75 Å². The van der Waals surface area contributed by atoms with Crippen LogP contribution in [0.1, 0.15) is 25.5 Å². The minimum atomic E-state index is -3.90. The summed E-state index contributed by atoms with van der Waals surface area (Å²) < 4.78 is 32.3. The van der Waals surface area contributed by atoms with Crippen LogP contribution in [0, 0.1) is 0 Å². The van der Waals surface area contributed by atoms with E-state index in [9.17, 15) is 13.2 Å². The molecule has 0 spiro atoms. The number of hydrogen-bond acceptors (Lipinski definition) is 4. The van der Waals surface area contributed by atoms with Gasteiger partial charge in [-0.3, -0.25) is 4.79 Å². The van der Waals surface area contributed by atoms with Crippen molar-refractivity contribution in [2.45, 2.75) is 30.8 Å². The SMILES string of the molecule is COc1ccc(S(=O)(=O)N[C@H](C)C(=O)N[C@@H](C)c2ccccc2)cc1Cl. The summed E-state index contributed by atoms with van der Waals surface area (Å²) in [7, 11) is -2.46. The predicted molar refractivity (Wildman–Crippen MR) is 101 cm³/mol. The van der Waals surface area contributed by atoms with Crippen molar-refractivity contribution < 1.29 is 17.9 Å². The molecule has 0 heterocycles. The van der Waals surface area contributed by atoms with E-state index in [1.165, 1.54) is 32.2 Å². The Labute approximate surface area is 158 Å². The molecule has 0 saturated carbocycles. The van der Waals surface area contributed by atoms with E-state index in [4.69, 9.17) is 16.3 Å². The van der Waals surface area contributed by atoms with E-state index in [1.54, 1.807) is 0 Å². The Morgan fingerprint density at radius 3 is 2.35 bits per heavy atom. The number of hydrogen-bond donors (Lipinski definition) is 2. The van der Waals surface area contributed by atoms with Gasteiger partial charge < -0.3 is 10.1 Å².